The molecule has 2 aliphatic carbocycles. The van der Waals surface area contributed by atoms with Crippen LogP contribution in [0.5, 0.6) is 0 Å². The molecule has 2 rings (SSSR count). The van der Waals surface area contributed by atoms with E-state index in [1.165, 1.54) is 12.8 Å². The van der Waals surface area contributed by atoms with Crippen LogP contribution < -0.4 is 5.73 Å². The number of nitrogens with two attached hydrogens (primary N) is 1. The summed E-state index contributed by atoms with van der Waals surface area (Å²) in [4.78, 5) is 0. The van der Waals surface area contributed by atoms with Gasteiger partial charge in [0.2, 0.25) is 5.92 Å². The van der Waals surface area contributed by atoms with Crippen molar-refractivity contribution >= 4 is 0 Å². The lowest BCUT2D eigenvalue weighted by Crippen LogP contribution is -2.36. The van der Waals surface area contributed by atoms with Crippen LogP contribution in [0, 0.1) is 11.8 Å². The zero-order chi connectivity index (χ0) is 10.2. The quantitative estimate of drug-likeness (QED) is 0.749. The maximum absolute atomic E-state index is 12.9. The van der Waals surface area contributed by atoms with Gasteiger partial charge in [0.15, 0.2) is 0 Å². The number of hydrogen-bond donors (Lipinski definition) is 1. The summed E-state index contributed by atoms with van der Waals surface area (Å²) < 4.78 is 25.8. The van der Waals surface area contributed by atoms with Crippen molar-refractivity contribution in [2.24, 2.45) is 17.6 Å². The molecular weight excluding hydrogens is 184 g/mol. The predicted octanol–water partition coefficient (Wildman–Crippen LogP) is 2.94. The van der Waals surface area contributed by atoms with Crippen molar-refractivity contribution in [2.75, 3.05) is 0 Å². The molecular formula is C11H19F2N. The summed E-state index contributed by atoms with van der Waals surface area (Å²) in [6.45, 7) is 0. The second-order valence-electron chi connectivity index (χ2n) is 5.04. The van der Waals surface area contributed by atoms with Gasteiger partial charge in [0.05, 0.1) is 0 Å². The summed E-state index contributed by atoms with van der Waals surface area (Å²) in [7, 11) is 0. The Balaban J connectivity index is 1.75. The molecule has 2 fully saturated rings. The predicted molar refractivity (Wildman–Crippen MR) is 52.2 cm³/mol. The van der Waals surface area contributed by atoms with E-state index in [0.717, 1.165) is 12.3 Å². The average molecular weight is 203 g/mol. The van der Waals surface area contributed by atoms with Gasteiger partial charge in [0.1, 0.15) is 0 Å². The van der Waals surface area contributed by atoms with Crippen molar-refractivity contribution in [1.82, 2.24) is 0 Å². The molecule has 1 nitrogen and oxygen atoms in total. The van der Waals surface area contributed by atoms with Gasteiger partial charge in [0.25, 0.3) is 0 Å². The SMILES string of the molecule is NC(CC1CC1)C1CCC(F)(F)CC1. The Hall–Kier alpha value is -0.180. The van der Waals surface area contributed by atoms with Crippen molar-refractivity contribution in [3.63, 3.8) is 0 Å². The van der Waals surface area contributed by atoms with Gasteiger partial charge in [0, 0.05) is 18.9 Å². The van der Waals surface area contributed by atoms with Gasteiger partial charge < -0.3 is 5.73 Å². The Morgan fingerprint density at radius 3 is 2.21 bits per heavy atom. The highest BCUT2D eigenvalue weighted by molar-refractivity contribution is 4.86. The van der Waals surface area contributed by atoms with E-state index in [-0.39, 0.29) is 18.9 Å². The fourth-order valence-corrected chi connectivity index (χ4v) is 2.42. The third-order valence-electron chi connectivity index (χ3n) is 3.67. The molecule has 0 aliphatic heterocycles. The van der Waals surface area contributed by atoms with Crippen LogP contribution in [0.2, 0.25) is 0 Å². The van der Waals surface area contributed by atoms with Crippen molar-refractivity contribution in [2.45, 2.75) is 56.9 Å². The molecule has 0 aromatic rings. The van der Waals surface area contributed by atoms with Gasteiger partial charge >= 0.3 is 0 Å². The van der Waals surface area contributed by atoms with E-state index in [2.05, 4.69) is 0 Å². The molecule has 2 aliphatic rings. The molecule has 0 aromatic heterocycles. The third kappa shape index (κ3) is 2.66. The van der Waals surface area contributed by atoms with Crippen LogP contribution in [0.1, 0.15) is 44.9 Å². The Bertz CT molecular complexity index is 191. The van der Waals surface area contributed by atoms with E-state index in [1.807, 2.05) is 0 Å². The lowest BCUT2D eigenvalue weighted by atomic mass is 9.81. The monoisotopic (exact) mass is 203 g/mol. The minimum Gasteiger partial charge on any atom is -0.327 e. The van der Waals surface area contributed by atoms with Gasteiger partial charge in [-0.2, -0.15) is 0 Å². The highest BCUT2D eigenvalue weighted by atomic mass is 19.3. The number of hydrogen-bond acceptors (Lipinski definition) is 1. The maximum atomic E-state index is 12.9. The number of alkyl halides is 2. The van der Waals surface area contributed by atoms with E-state index in [1.54, 1.807) is 0 Å². The Labute approximate surface area is 84.0 Å². The van der Waals surface area contributed by atoms with E-state index < -0.39 is 5.92 Å². The molecule has 2 N–H and O–H groups in total. The third-order valence-corrected chi connectivity index (χ3v) is 3.67. The van der Waals surface area contributed by atoms with Gasteiger partial charge in [-0.25, -0.2) is 8.78 Å². The fourth-order valence-electron chi connectivity index (χ4n) is 2.42. The molecule has 2 saturated carbocycles. The lowest BCUT2D eigenvalue weighted by molar-refractivity contribution is -0.0485. The summed E-state index contributed by atoms with van der Waals surface area (Å²) in [5.74, 6) is -1.24. The van der Waals surface area contributed by atoms with Crippen LogP contribution in [0.15, 0.2) is 0 Å². The Kier molecular flexibility index (Phi) is 2.78. The van der Waals surface area contributed by atoms with Gasteiger partial charge in [-0.1, -0.05) is 12.8 Å². The maximum Gasteiger partial charge on any atom is 0.248 e. The minimum atomic E-state index is -2.41. The first-order chi connectivity index (χ1) is 6.57. The molecule has 0 bridgehead atoms. The molecule has 0 radical (unpaired) electrons. The second-order valence-corrected chi connectivity index (χ2v) is 5.04. The Morgan fingerprint density at radius 2 is 1.71 bits per heavy atom. The van der Waals surface area contributed by atoms with Crippen molar-refractivity contribution in [1.29, 1.82) is 0 Å². The van der Waals surface area contributed by atoms with Gasteiger partial charge in [-0.05, 0) is 31.1 Å². The average Bonchev–Trinajstić information content (AvgIpc) is 2.88. The normalized spacial score (nSPS) is 30.2. The smallest absolute Gasteiger partial charge is 0.248 e. The molecule has 1 atom stereocenters. The van der Waals surface area contributed by atoms with Crippen LogP contribution in [-0.4, -0.2) is 12.0 Å². The standard InChI is InChI=1S/C11H19F2N/c12-11(13)5-3-9(4-6-11)10(14)7-8-1-2-8/h8-10H,1-7,14H2. The van der Waals surface area contributed by atoms with Crippen LogP contribution >= 0.6 is 0 Å². The molecule has 3 heteroatoms. The topological polar surface area (TPSA) is 26.0 Å². The van der Waals surface area contributed by atoms with E-state index in [0.29, 0.717) is 18.8 Å². The molecule has 0 aromatic carbocycles. The zero-order valence-corrected chi connectivity index (χ0v) is 8.52. The molecule has 0 heterocycles. The highest BCUT2D eigenvalue weighted by Gasteiger charge is 2.37. The second kappa shape index (κ2) is 3.76. The first-order valence-electron chi connectivity index (χ1n) is 5.70. The van der Waals surface area contributed by atoms with Crippen LogP contribution in [0.3, 0.4) is 0 Å². The van der Waals surface area contributed by atoms with E-state index in [9.17, 15) is 8.78 Å². The van der Waals surface area contributed by atoms with E-state index in [4.69, 9.17) is 5.73 Å². The summed E-state index contributed by atoms with van der Waals surface area (Å²) >= 11 is 0. The summed E-state index contributed by atoms with van der Waals surface area (Å²) in [5.41, 5.74) is 6.03. The fraction of sp³-hybridized carbons (Fsp3) is 1.00. The highest BCUT2D eigenvalue weighted by Crippen LogP contribution is 2.40. The van der Waals surface area contributed by atoms with Crippen LogP contribution in [-0.2, 0) is 0 Å². The lowest BCUT2D eigenvalue weighted by Gasteiger charge is -2.32. The van der Waals surface area contributed by atoms with Crippen LogP contribution in [0.25, 0.3) is 0 Å². The first-order valence-corrected chi connectivity index (χ1v) is 5.70. The van der Waals surface area contributed by atoms with Crippen molar-refractivity contribution in [3.05, 3.63) is 0 Å². The van der Waals surface area contributed by atoms with Gasteiger partial charge in [-0.3, -0.25) is 0 Å². The summed E-state index contributed by atoms with van der Waals surface area (Å²) in [6.07, 6.45) is 5.03. The number of rotatable bonds is 3. The zero-order valence-electron chi connectivity index (χ0n) is 8.52. The molecule has 0 spiro atoms. The first kappa shape index (κ1) is 10.3. The molecule has 1 unspecified atom stereocenters. The summed E-state index contributed by atoms with van der Waals surface area (Å²) in [5, 5.41) is 0. The van der Waals surface area contributed by atoms with Crippen LogP contribution in [0.4, 0.5) is 8.78 Å². The summed E-state index contributed by atoms with van der Waals surface area (Å²) in [6, 6.07) is 0.179. The minimum absolute atomic E-state index is 0.0516. The largest absolute Gasteiger partial charge is 0.327 e. The molecule has 0 amide bonds. The van der Waals surface area contributed by atoms with Crippen molar-refractivity contribution < 1.29 is 8.78 Å². The number of halogens is 2. The molecule has 0 saturated heterocycles. The molecule has 82 valence electrons. The van der Waals surface area contributed by atoms with E-state index >= 15 is 0 Å². The molecule has 14 heavy (non-hydrogen) atoms. The van der Waals surface area contributed by atoms with Gasteiger partial charge in [-0.15, -0.1) is 0 Å². The van der Waals surface area contributed by atoms with Crippen molar-refractivity contribution in [3.8, 4) is 0 Å². The Morgan fingerprint density at radius 1 is 1.14 bits per heavy atom.